The van der Waals surface area contributed by atoms with Gasteiger partial charge in [0, 0.05) is 6.54 Å². The molecule has 0 aromatic rings. The molecular weight excluding hydrogens is 220 g/mol. The maximum absolute atomic E-state index is 11.9. The number of rotatable bonds is 5. The van der Waals surface area contributed by atoms with Gasteiger partial charge in [0.2, 0.25) is 5.91 Å². The van der Waals surface area contributed by atoms with E-state index in [2.05, 4.69) is 5.32 Å². The van der Waals surface area contributed by atoms with Crippen molar-refractivity contribution in [1.82, 2.24) is 5.32 Å². The van der Waals surface area contributed by atoms with E-state index in [1.807, 2.05) is 25.6 Å². The van der Waals surface area contributed by atoms with E-state index in [0.29, 0.717) is 18.8 Å². The van der Waals surface area contributed by atoms with Crippen molar-refractivity contribution in [2.24, 2.45) is 11.7 Å². The quantitative estimate of drug-likeness (QED) is 0.775. The van der Waals surface area contributed by atoms with Crippen LogP contribution in [0.2, 0.25) is 0 Å². The van der Waals surface area contributed by atoms with E-state index in [1.165, 1.54) is 24.3 Å². The molecule has 0 unspecified atom stereocenters. The lowest BCUT2D eigenvalue weighted by Gasteiger charge is -2.27. The number of carbonyl (C=O) groups is 1. The smallest absolute Gasteiger partial charge is 0.240 e. The highest BCUT2D eigenvalue weighted by molar-refractivity contribution is 7.99. The highest BCUT2D eigenvalue weighted by Crippen LogP contribution is 2.22. The van der Waals surface area contributed by atoms with Gasteiger partial charge in [0.15, 0.2) is 0 Å². The summed E-state index contributed by atoms with van der Waals surface area (Å²) in [5, 5.41) is 3.02. The SMILES string of the molecule is CCC(N)(CC)C(=O)NCC1CCSCC1. The van der Waals surface area contributed by atoms with E-state index in [-0.39, 0.29) is 5.91 Å². The number of hydrogen-bond acceptors (Lipinski definition) is 3. The summed E-state index contributed by atoms with van der Waals surface area (Å²) in [7, 11) is 0. The van der Waals surface area contributed by atoms with Gasteiger partial charge < -0.3 is 11.1 Å². The minimum atomic E-state index is -0.663. The van der Waals surface area contributed by atoms with Crippen molar-refractivity contribution in [1.29, 1.82) is 0 Å². The normalized spacial score (nSPS) is 18.4. The summed E-state index contributed by atoms with van der Waals surface area (Å²) in [6, 6.07) is 0. The van der Waals surface area contributed by atoms with Crippen LogP contribution >= 0.6 is 11.8 Å². The van der Waals surface area contributed by atoms with Crippen molar-refractivity contribution in [3.05, 3.63) is 0 Å². The summed E-state index contributed by atoms with van der Waals surface area (Å²) in [6.45, 7) is 4.75. The van der Waals surface area contributed by atoms with Gasteiger partial charge in [-0.15, -0.1) is 0 Å². The lowest BCUT2D eigenvalue weighted by atomic mass is 9.92. The fourth-order valence-corrected chi connectivity index (χ4v) is 3.14. The Hall–Kier alpha value is -0.220. The Morgan fingerprint density at radius 3 is 2.44 bits per heavy atom. The molecule has 0 atom stereocenters. The molecule has 0 aromatic heterocycles. The van der Waals surface area contributed by atoms with Gasteiger partial charge in [-0.3, -0.25) is 4.79 Å². The summed E-state index contributed by atoms with van der Waals surface area (Å²) in [5.74, 6) is 3.14. The topological polar surface area (TPSA) is 55.1 Å². The van der Waals surface area contributed by atoms with Gasteiger partial charge in [0.05, 0.1) is 5.54 Å². The summed E-state index contributed by atoms with van der Waals surface area (Å²) < 4.78 is 0. The van der Waals surface area contributed by atoms with Crippen molar-refractivity contribution < 1.29 is 4.79 Å². The molecule has 0 saturated carbocycles. The first-order chi connectivity index (χ1) is 7.62. The third-order valence-electron chi connectivity index (χ3n) is 3.61. The van der Waals surface area contributed by atoms with Gasteiger partial charge in [-0.25, -0.2) is 0 Å². The first kappa shape index (κ1) is 13.8. The van der Waals surface area contributed by atoms with Crippen LogP contribution in [0.25, 0.3) is 0 Å². The highest BCUT2D eigenvalue weighted by Gasteiger charge is 2.30. The fraction of sp³-hybridized carbons (Fsp3) is 0.917. The Kier molecular flexibility index (Phi) is 5.62. The zero-order valence-corrected chi connectivity index (χ0v) is 11.2. The lowest BCUT2D eigenvalue weighted by molar-refractivity contribution is -0.126. The second-order valence-corrected chi connectivity index (χ2v) is 5.85. The van der Waals surface area contributed by atoms with Crippen LogP contribution in [0.3, 0.4) is 0 Å². The molecule has 3 N–H and O–H groups in total. The largest absolute Gasteiger partial charge is 0.354 e. The number of thioether (sulfide) groups is 1. The Morgan fingerprint density at radius 1 is 1.38 bits per heavy atom. The van der Waals surface area contributed by atoms with Gasteiger partial charge >= 0.3 is 0 Å². The maximum Gasteiger partial charge on any atom is 0.240 e. The molecule has 16 heavy (non-hydrogen) atoms. The van der Waals surface area contributed by atoms with Gasteiger partial charge in [-0.2, -0.15) is 11.8 Å². The Labute approximate surface area is 103 Å². The molecule has 0 radical (unpaired) electrons. The molecule has 0 aromatic carbocycles. The molecule has 1 aliphatic heterocycles. The number of nitrogens with one attached hydrogen (secondary N) is 1. The Bertz CT molecular complexity index is 223. The summed E-state index contributed by atoms with van der Waals surface area (Å²) >= 11 is 2.01. The Balaban J connectivity index is 2.33. The number of hydrogen-bond donors (Lipinski definition) is 2. The molecule has 1 rings (SSSR count). The molecule has 3 nitrogen and oxygen atoms in total. The van der Waals surface area contributed by atoms with E-state index >= 15 is 0 Å². The van der Waals surface area contributed by atoms with Crippen molar-refractivity contribution in [2.45, 2.75) is 45.1 Å². The molecule has 1 saturated heterocycles. The van der Waals surface area contributed by atoms with Crippen molar-refractivity contribution in [3.8, 4) is 0 Å². The van der Waals surface area contributed by atoms with E-state index in [0.717, 1.165) is 6.54 Å². The maximum atomic E-state index is 11.9. The highest BCUT2D eigenvalue weighted by atomic mass is 32.2. The van der Waals surface area contributed by atoms with Crippen LogP contribution in [-0.2, 0) is 4.79 Å². The second kappa shape index (κ2) is 6.50. The average molecular weight is 244 g/mol. The predicted octanol–water partition coefficient (Wildman–Crippen LogP) is 1.76. The fourth-order valence-electron chi connectivity index (χ4n) is 1.93. The first-order valence-electron chi connectivity index (χ1n) is 6.27. The molecule has 1 fully saturated rings. The van der Waals surface area contributed by atoms with Gasteiger partial charge in [0.25, 0.3) is 0 Å². The van der Waals surface area contributed by atoms with Crippen LogP contribution < -0.4 is 11.1 Å². The molecule has 1 aliphatic rings. The van der Waals surface area contributed by atoms with Crippen LogP contribution in [0.1, 0.15) is 39.5 Å². The minimum absolute atomic E-state index is 0.0238. The van der Waals surface area contributed by atoms with Crippen LogP contribution in [0.4, 0.5) is 0 Å². The summed E-state index contributed by atoms with van der Waals surface area (Å²) in [5.41, 5.74) is 5.38. The van der Waals surface area contributed by atoms with Gasteiger partial charge in [0.1, 0.15) is 0 Å². The van der Waals surface area contributed by atoms with Gasteiger partial charge in [-0.05, 0) is 43.1 Å². The van der Waals surface area contributed by atoms with Crippen molar-refractivity contribution in [3.63, 3.8) is 0 Å². The third kappa shape index (κ3) is 3.67. The predicted molar refractivity (Wildman–Crippen MR) is 70.6 cm³/mol. The molecule has 4 heteroatoms. The van der Waals surface area contributed by atoms with Crippen LogP contribution in [0.5, 0.6) is 0 Å². The standard InChI is InChI=1S/C12H24N2OS/c1-3-12(13,4-2)11(15)14-9-10-5-7-16-8-6-10/h10H,3-9,13H2,1-2H3,(H,14,15). The summed E-state index contributed by atoms with van der Waals surface area (Å²) in [4.78, 5) is 11.9. The van der Waals surface area contributed by atoms with E-state index < -0.39 is 5.54 Å². The van der Waals surface area contributed by atoms with Crippen molar-refractivity contribution >= 4 is 17.7 Å². The molecule has 0 aliphatic carbocycles. The summed E-state index contributed by atoms with van der Waals surface area (Å²) in [6.07, 6.45) is 3.85. The first-order valence-corrected chi connectivity index (χ1v) is 7.42. The number of carbonyl (C=O) groups excluding carboxylic acids is 1. The Morgan fingerprint density at radius 2 is 1.94 bits per heavy atom. The van der Waals surface area contributed by atoms with E-state index in [9.17, 15) is 4.79 Å². The third-order valence-corrected chi connectivity index (χ3v) is 4.65. The lowest BCUT2D eigenvalue weighted by Crippen LogP contribution is -2.54. The molecular formula is C12H24N2OS. The van der Waals surface area contributed by atoms with Crippen molar-refractivity contribution in [2.75, 3.05) is 18.1 Å². The van der Waals surface area contributed by atoms with Crippen LogP contribution in [-0.4, -0.2) is 29.5 Å². The monoisotopic (exact) mass is 244 g/mol. The number of amides is 1. The zero-order valence-electron chi connectivity index (χ0n) is 10.4. The zero-order chi connectivity index (χ0) is 12.0. The van der Waals surface area contributed by atoms with E-state index in [1.54, 1.807) is 0 Å². The molecule has 1 heterocycles. The van der Waals surface area contributed by atoms with Crippen LogP contribution in [0, 0.1) is 5.92 Å². The minimum Gasteiger partial charge on any atom is -0.354 e. The molecule has 94 valence electrons. The molecule has 1 amide bonds. The average Bonchev–Trinajstić information content (AvgIpc) is 2.36. The van der Waals surface area contributed by atoms with E-state index in [4.69, 9.17) is 5.73 Å². The molecule has 0 bridgehead atoms. The number of nitrogens with two attached hydrogens (primary N) is 1. The second-order valence-electron chi connectivity index (χ2n) is 4.63. The van der Waals surface area contributed by atoms with Gasteiger partial charge in [-0.1, -0.05) is 13.8 Å². The van der Waals surface area contributed by atoms with Crippen LogP contribution in [0.15, 0.2) is 0 Å². The molecule has 0 spiro atoms.